The molecule has 3 rings (SSSR count). The second-order valence-corrected chi connectivity index (χ2v) is 5.74. The van der Waals surface area contributed by atoms with Crippen LogP contribution in [0.2, 0.25) is 0 Å². The van der Waals surface area contributed by atoms with Gasteiger partial charge in [0, 0.05) is 31.5 Å². The van der Waals surface area contributed by atoms with Gasteiger partial charge in [0.05, 0.1) is 13.2 Å². The maximum atomic E-state index is 13.6. The van der Waals surface area contributed by atoms with Gasteiger partial charge in [0.15, 0.2) is 0 Å². The van der Waals surface area contributed by atoms with Gasteiger partial charge < -0.3 is 15.0 Å². The molecule has 0 atom stereocenters. The molecule has 2 heterocycles. The van der Waals surface area contributed by atoms with Crippen LogP contribution in [0.25, 0.3) is 0 Å². The van der Waals surface area contributed by atoms with Crippen molar-refractivity contribution in [2.45, 2.75) is 6.42 Å². The number of morpholine rings is 1. The normalized spacial score (nSPS) is 14.4. The monoisotopic (exact) mass is 347 g/mol. The highest BCUT2D eigenvalue weighted by Crippen LogP contribution is 2.16. The lowest BCUT2D eigenvalue weighted by molar-refractivity contribution is 0.0949. The van der Waals surface area contributed by atoms with E-state index in [0.717, 1.165) is 37.0 Å². The summed E-state index contributed by atoms with van der Waals surface area (Å²) in [5.74, 6) is -1.32. The smallest absolute Gasteiger partial charge is 0.269 e. The van der Waals surface area contributed by atoms with E-state index in [9.17, 15) is 13.6 Å². The zero-order chi connectivity index (χ0) is 17.6. The van der Waals surface area contributed by atoms with Crippen LogP contribution in [0.5, 0.6) is 0 Å². The van der Waals surface area contributed by atoms with Crippen molar-refractivity contribution in [1.82, 2.24) is 10.3 Å². The van der Waals surface area contributed by atoms with E-state index in [1.807, 2.05) is 6.07 Å². The van der Waals surface area contributed by atoms with Gasteiger partial charge in [0.2, 0.25) is 0 Å². The minimum absolute atomic E-state index is 0.197. The number of aromatic nitrogens is 1. The number of carbonyl (C=O) groups is 1. The number of hydrogen-bond donors (Lipinski definition) is 1. The number of rotatable bonds is 5. The lowest BCUT2D eigenvalue weighted by Gasteiger charge is -2.28. The van der Waals surface area contributed by atoms with Crippen molar-refractivity contribution in [2.75, 3.05) is 37.7 Å². The van der Waals surface area contributed by atoms with Gasteiger partial charge in [-0.25, -0.2) is 8.78 Å². The number of ether oxygens (including phenoxy) is 1. The maximum absolute atomic E-state index is 13.6. The summed E-state index contributed by atoms with van der Waals surface area (Å²) in [5.41, 5.74) is 1.44. The number of pyridine rings is 1. The predicted octanol–water partition coefficient (Wildman–Crippen LogP) is 2.17. The maximum Gasteiger partial charge on any atom is 0.269 e. The molecule has 7 heteroatoms. The molecule has 0 bridgehead atoms. The number of anilines is 1. The van der Waals surface area contributed by atoms with Crippen molar-refractivity contribution in [3.63, 3.8) is 0 Å². The Morgan fingerprint density at radius 2 is 2.00 bits per heavy atom. The molecule has 0 spiro atoms. The molecule has 25 heavy (non-hydrogen) atoms. The average molecular weight is 347 g/mol. The fraction of sp³-hybridized carbons (Fsp3) is 0.333. The van der Waals surface area contributed by atoms with Crippen LogP contribution in [-0.4, -0.2) is 43.7 Å². The Bertz CT molecular complexity index is 749. The molecular weight excluding hydrogens is 328 g/mol. The Balaban J connectivity index is 1.58. The Labute approximate surface area is 144 Å². The van der Waals surface area contributed by atoms with Crippen LogP contribution in [0.1, 0.15) is 16.1 Å². The van der Waals surface area contributed by atoms with E-state index in [1.54, 1.807) is 12.3 Å². The number of halogens is 2. The summed E-state index contributed by atoms with van der Waals surface area (Å²) in [5, 5.41) is 2.69. The summed E-state index contributed by atoms with van der Waals surface area (Å²) < 4.78 is 32.0. The molecule has 132 valence electrons. The third kappa shape index (κ3) is 4.51. The summed E-state index contributed by atoms with van der Waals surface area (Å²) in [7, 11) is 0. The third-order valence-electron chi connectivity index (χ3n) is 4.04. The highest BCUT2D eigenvalue weighted by molar-refractivity contribution is 5.93. The van der Waals surface area contributed by atoms with Crippen molar-refractivity contribution in [3.05, 3.63) is 59.4 Å². The number of amides is 1. The minimum Gasteiger partial charge on any atom is -0.378 e. The van der Waals surface area contributed by atoms with E-state index in [4.69, 9.17) is 4.74 Å². The molecule has 1 saturated heterocycles. The Morgan fingerprint density at radius 3 is 2.80 bits per heavy atom. The van der Waals surface area contributed by atoms with E-state index in [-0.39, 0.29) is 24.4 Å². The minimum atomic E-state index is -0.498. The van der Waals surface area contributed by atoms with Crippen molar-refractivity contribution in [1.29, 1.82) is 0 Å². The zero-order valence-corrected chi connectivity index (χ0v) is 13.7. The average Bonchev–Trinajstić information content (AvgIpc) is 2.65. The highest BCUT2D eigenvalue weighted by Gasteiger charge is 2.14. The predicted molar refractivity (Wildman–Crippen MR) is 89.7 cm³/mol. The summed E-state index contributed by atoms with van der Waals surface area (Å²) in [4.78, 5) is 18.5. The van der Waals surface area contributed by atoms with Crippen LogP contribution in [-0.2, 0) is 11.2 Å². The summed E-state index contributed by atoms with van der Waals surface area (Å²) in [6, 6.07) is 6.87. The fourth-order valence-electron chi connectivity index (χ4n) is 2.70. The van der Waals surface area contributed by atoms with Crippen molar-refractivity contribution < 1.29 is 18.3 Å². The number of nitrogens with zero attached hydrogens (tertiary/aromatic N) is 2. The molecule has 5 nitrogen and oxygen atoms in total. The first-order valence-electron chi connectivity index (χ1n) is 8.14. The lowest BCUT2D eigenvalue weighted by atomic mass is 10.1. The van der Waals surface area contributed by atoms with Crippen molar-refractivity contribution in [3.8, 4) is 0 Å². The van der Waals surface area contributed by atoms with Gasteiger partial charge in [0.1, 0.15) is 17.3 Å². The molecular formula is C18H19F2N3O2. The Kier molecular flexibility index (Phi) is 5.55. The molecule has 0 unspecified atom stereocenters. The Morgan fingerprint density at radius 1 is 1.20 bits per heavy atom. The van der Waals surface area contributed by atoms with Gasteiger partial charge in [-0.05, 0) is 42.3 Å². The fourth-order valence-corrected chi connectivity index (χ4v) is 2.70. The number of hydrogen-bond acceptors (Lipinski definition) is 4. The first-order valence-corrected chi connectivity index (χ1v) is 8.14. The Hall–Kier alpha value is -2.54. The largest absolute Gasteiger partial charge is 0.378 e. The number of nitrogens with one attached hydrogen (secondary N) is 1. The van der Waals surface area contributed by atoms with E-state index >= 15 is 0 Å². The lowest BCUT2D eigenvalue weighted by Crippen LogP contribution is -2.36. The van der Waals surface area contributed by atoms with Crippen LogP contribution in [0, 0.1) is 11.6 Å². The molecule has 0 aliphatic carbocycles. The van der Waals surface area contributed by atoms with Gasteiger partial charge in [-0.2, -0.15) is 0 Å². The quantitative estimate of drug-likeness (QED) is 0.901. The van der Waals surface area contributed by atoms with Gasteiger partial charge in [-0.1, -0.05) is 0 Å². The SMILES string of the molecule is O=C(NCCc1cc(F)ccc1F)c1cc(N2CCOCC2)ccn1. The summed E-state index contributed by atoms with van der Waals surface area (Å²) >= 11 is 0. The molecule has 1 aromatic heterocycles. The zero-order valence-electron chi connectivity index (χ0n) is 13.7. The molecule has 1 aliphatic rings. The topological polar surface area (TPSA) is 54.5 Å². The third-order valence-corrected chi connectivity index (χ3v) is 4.04. The van der Waals surface area contributed by atoms with Crippen LogP contribution < -0.4 is 10.2 Å². The number of carbonyl (C=O) groups excluding carboxylic acids is 1. The second-order valence-electron chi connectivity index (χ2n) is 5.74. The molecule has 1 aromatic carbocycles. The number of benzene rings is 1. The molecule has 0 radical (unpaired) electrons. The van der Waals surface area contributed by atoms with Crippen LogP contribution in [0.4, 0.5) is 14.5 Å². The van der Waals surface area contributed by atoms with Crippen LogP contribution in [0.15, 0.2) is 36.5 Å². The van der Waals surface area contributed by atoms with Gasteiger partial charge in [-0.15, -0.1) is 0 Å². The van der Waals surface area contributed by atoms with E-state index < -0.39 is 11.6 Å². The van der Waals surface area contributed by atoms with Crippen molar-refractivity contribution >= 4 is 11.6 Å². The van der Waals surface area contributed by atoms with Gasteiger partial charge in [0.25, 0.3) is 5.91 Å². The summed E-state index contributed by atoms with van der Waals surface area (Å²) in [6.45, 7) is 3.04. The van der Waals surface area contributed by atoms with Crippen LogP contribution >= 0.6 is 0 Å². The first-order chi connectivity index (χ1) is 12.1. The molecule has 0 saturated carbocycles. The summed E-state index contributed by atoms with van der Waals surface area (Å²) in [6.07, 6.45) is 1.80. The van der Waals surface area contributed by atoms with E-state index in [1.165, 1.54) is 0 Å². The van der Waals surface area contributed by atoms with Crippen LogP contribution in [0.3, 0.4) is 0 Å². The second kappa shape index (κ2) is 8.02. The highest BCUT2D eigenvalue weighted by atomic mass is 19.1. The standard InChI is InChI=1S/C18H19F2N3O2/c19-14-1-2-16(20)13(11-14)3-5-22-18(24)17-12-15(4-6-21-17)23-7-9-25-10-8-23/h1-2,4,6,11-12H,3,5,7-10H2,(H,22,24). The molecule has 1 fully saturated rings. The molecule has 1 amide bonds. The first kappa shape index (κ1) is 17.3. The van der Waals surface area contributed by atoms with Gasteiger partial charge >= 0.3 is 0 Å². The van der Waals surface area contributed by atoms with E-state index in [0.29, 0.717) is 18.9 Å². The molecule has 2 aromatic rings. The molecule has 1 N–H and O–H groups in total. The van der Waals surface area contributed by atoms with E-state index in [2.05, 4.69) is 15.2 Å². The molecule has 1 aliphatic heterocycles. The van der Waals surface area contributed by atoms with Crippen molar-refractivity contribution in [2.24, 2.45) is 0 Å². The van der Waals surface area contributed by atoms with Gasteiger partial charge in [-0.3, -0.25) is 9.78 Å².